The number of oxazole rings is 1. The summed E-state index contributed by atoms with van der Waals surface area (Å²) in [5.74, 6) is 0.565. The first-order valence-corrected chi connectivity index (χ1v) is 14.3. The summed E-state index contributed by atoms with van der Waals surface area (Å²) in [5, 5.41) is 6.59. The molecule has 0 radical (unpaired) electrons. The van der Waals surface area contributed by atoms with Crippen molar-refractivity contribution in [3.63, 3.8) is 0 Å². The van der Waals surface area contributed by atoms with E-state index in [2.05, 4.69) is 98.9 Å². The lowest BCUT2D eigenvalue weighted by molar-refractivity contribution is 0.623. The van der Waals surface area contributed by atoms with Gasteiger partial charge in [-0.15, -0.1) is 0 Å². The molecule has 0 spiro atoms. The van der Waals surface area contributed by atoms with Crippen LogP contribution in [0.15, 0.2) is 124 Å². The highest BCUT2D eigenvalue weighted by atomic mass is 16.3. The summed E-state index contributed by atoms with van der Waals surface area (Å²) in [6, 6.07) is 37.9. The van der Waals surface area contributed by atoms with E-state index in [-0.39, 0.29) is 0 Å². The number of hydrogen-bond acceptors (Lipinski definition) is 4. The molecule has 0 aliphatic carbocycles. The van der Waals surface area contributed by atoms with Crippen LogP contribution < -0.4 is 0 Å². The predicted octanol–water partition coefficient (Wildman–Crippen LogP) is 9.60. The van der Waals surface area contributed by atoms with E-state index in [4.69, 9.17) is 13.8 Å². The Kier molecular flexibility index (Phi) is 4.29. The quantitative estimate of drug-likeness (QED) is 0.213. The molecule has 43 heavy (non-hydrogen) atoms. The number of fused-ring (bicyclic) bond motifs is 12. The van der Waals surface area contributed by atoms with Gasteiger partial charge >= 0.3 is 0 Å². The smallest absolute Gasteiger partial charge is 0.228 e. The van der Waals surface area contributed by atoms with Gasteiger partial charge in [-0.1, -0.05) is 60.7 Å². The van der Waals surface area contributed by atoms with Gasteiger partial charge in [-0.05, 0) is 55.5 Å². The van der Waals surface area contributed by atoms with Crippen molar-refractivity contribution in [2.24, 2.45) is 0 Å². The predicted molar refractivity (Wildman–Crippen MR) is 172 cm³/mol. The van der Waals surface area contributed by atoms with Crippen molar-refractivity contribution in [1.82, 2.24) is 18.9 Å². The summed E-state index contributed by atoms with van der Waals surface area (Å²) >= 11 is 0. The van der Waals surface area contributed by atoms with E-state index in [1.807, 2.05) is 37.4 Å². The summed E-state index contributed by atoms with van der Waals surface area (Å²) in [6.45, 7) is 2.04. The third-order valence-electron chi connectivity index (χ3n) is 8.71. The lowest BCUT2D eigenvalue weighted by Crippen LogP contribution is -1.93. The van der Waals surface area contributed by atoms with Crippen LogP contribution >= 0.6 is 0 Å². The van der Waals surface area contributed by atoms with Gasteiger partial charge in [0.25, 0.3) is 0 Å². The van der Waals surface area contributed by atoms with Gasteiger partial charge in [0, 0.05) is 55.5 Å². The Balaban J connectivity index is 1.21. The number of aryl methyl sites for hydroxylation is 1. The van der Waals surface area contributed by atoms with E-state index in [1.165, 1.54) is 21.8 Å². The molecule has 0 fully saturated rings. The fourth-order valence-corrected chi connectivity index (χ4v) is 6.77. The van der Waals surface area contributed by atoms with Crippen LogP contribution in [0.2, 0.25) is 0 Å². The van der Waals surface area contributed by atoms with Crippen molar-refractivity contribution in [1.29, 1.82) is 0 Å². The summed E-state index contributed by atoms with van der Waals surface area (Å²) in [6.07, 6.45) is 1.88. The second-order valence-electron chi connectivity index (χ2n) is 11.1. The average molecular weight is 555 g/mol. The number of benzene rings is 5. The largest absolute Gasteiger partial charge is 0.456 e. The minimum absolute atomic E-state index is 0.565. The van der Waals surface area contributed by atoms with Gasteiger partial charge < -0.3 is 13.4 Å². The van der Waals surface area contributed by atoms with Crippen LogP contribution in [-0.4, -0.2) is 18.9 Å². The van der Waals surface area contributed by atoms with E-state index in [1.54, 1.807) is 0 Å². The van der Waals surface area contributed by atoms with Gasteiger partial charge in [-0.3, -0.25) is 4.40 Å². The molecule has 0 atom stereocenters. The Hall–Kier alpha value is -5.88. The van der Waals surface area contributed by atoms with Crippen LogP contribution in [0, 0.1) is 6.92 Å². The number of rotatable bonds is 2. The lowest BCUT2D eigenvalue weighted by atomic mass is 10.1. The standard InChI is InChI=1S/C37H22N4O2/c1-21-20-38-35-27-11-3-2-10-26(27)34-36(40(21)35)39-37(43-34)22-14-16-32-28(18-22)29-19-23(15-17-33(29)42-32)41-30-12-6-4-8-24(30)25-9-5-7-13-31(25)41/h2-20H,1H3. The molecule has 10 aromatic rings. The Morgan fingerprint density at radius 1 is 0.581 bits per heavy atom. The highest BCUT2D eigenvalue weighted by molar-refractivity contribution is 6.11. The molecule has 0 N–H and O–H groups in total. The topological polar surface area (TPSA) is 61.4 Å². The van der Waals surface area contributed by atoms with Gasteiger partial charge in [0.15, 0.2) is 11.2 Å². The molecule has 0 bridgehead atoms. The van der Waals surface area contributed by atoms with E-state index in [0.717, 1.165) is 66.5 Å². The van der Waals surface area contributed by atoms with E-state index in [9.17, 15) is 0 Å². The zero-order valence-electron chi connectivity index (χ0n) is 23.1. The van der Waals surface area contributed by atoms with Crippen LogP contribution in [-0.2, 0) is 0 Å². The zero-order chi connectivity index (χ0) is 28.2. The molecule has 6 nitrogen and oxygen atoms in total. The minimum atomic E-state index is 0.565. The fraction of sp³-hybridized carbons (Fsp3) is 0.0270. The van der Waals surface area contributed by atoms with E-state index < -0.39 is 0 Å². The normalized spacial score (nSPS) is 12.3. The minimum Gasteiger partial charge on any atom is -0.456 e. The lowest BCUT2D eigenvalue weighted by Gasteiger charge is -2.08. The number of pyridine rings is 1. The maximum Gasteiger partial charge on any atom is 0.228 e. The average Bonchev–Trinajstić information content (AvgIpc) is 3.82. The first kappa shape index (κ1) is 22.8. The SMILES string of the molecule is Cc1cnc2c3ccccc3c3oc(-c4ccc5oc6ccc(-n7c8ccccc8c8ccccc87)cc6c5c4)nc3n12. The van der Waals surface area contributed by atoms with Crippen molar-refractivity contribution < 1.29 is 8.83 Å². The molecule has 202 valence electrons. The molecule has 0 amide bonds. The molecule has 5 heterocycles. The van der Waals surface area contributed by atoms with Gasteiger partial charge in [-0.2, -0.15) is 4.98 Å². The van der Waals surface area contributed by atoms with E-state index >= 15 is 0 Å². The summed E-state index contributed by atoms with van der Waals surface area (Å²) < 4.78 is 17.2. The molecule has 10 rings (SSSR count). The summed E-state index contributed by atoms with van der Waals surface area (Å²) in [5.41, 5.74) is 9.42. The second-order valence-corrected chi connectivity index (χ2v) is 11.1. The maximum absolute atomic E-state index is 6.52. The number of nitrogens with zero attached hydrogens (tertiary/aromatic N) is 4. The molecule has 0 saturated carbocycles. The van der Waals surface area contributed by atoms with E-state index in [0.29, 0.717) is 5.89 Å². The van der Waals surface area contributed by atoms with Gasteiger partial charge in [0.1, 0.15) is 16.8 Å². The molecular weight excluding hydrogens is 532 g/mol. The van der Waals surface area contributed by atoms with Crippen LogP contribution in [0.25, 0.3) is 88.5 Å². The monoisotopic (exact) mass is 554 g/mol. The van der Waals surface area contributed by atoms with Crippen molar-refractivity contribution in [2.75, 3.05) is 0 Å². The van der Waals surface area contributed by atoms with Crippen molar-refractivity contribution in [3.05, 3.63) is 121 Å². The number of aromatic nitrogens is 4. The molecule has 0 aliphatic rings. The number of furan rings is 1. The third kappa shape index (κ3) is 3.01. The van der Waals surface area contributed by atoms with Gasteiger partial charge in [0.2, 0.25) is 5.89 Å². The van der Waals surface area contributed by atoms with Crippen LogP contribution in [0.4, 0.5) is 0 Å². The highest BCUT2D eigenvalue weighted by Crippen LogP contribution is 2.38. The highest BCUT2D eigenvalue weighted by Gasteiger charge is 2.19. The first-order chi connectivity index (χ1) is 21.2. The third-order valence-corrected chi connectivity index (χ3v) is 8.71. The Morgan fingerprint density at radius 2 is 1.23 bits per heavy atom. The molecule has 0 aliphatic heterocycles. The second kappa shape index (κ2) is 8.11. The van der Waals surface area contributed by atoms with Gasteiger partial charge in [0.05, 0.1) is 11.0 Å². The number of para-hydroxylation sites is 2. The molecule has 5 aromatic carbocycles. The van der Waals surface area contributed by atoms with Crippen LogP contribution in [0.3, 0.4) is 0 Å². The van der Waals surface area contributed by atoms with Crippen molar-refractivity contribution in [3.8, 4) is 17.1 Å². The number of hydrogen-bond donors (Lipinski definition) is 0. The molecular formula is C37H22N4O2. The Labute approximate surface area is 244 Å². The number of imidazole rings is 1. The maximum atomic E-state index is 6.52. The van der Waals surface area contributed by atoms with Crippen molar-refractivity contribution in [2.45, 2.75) is 6.92 Å². The summed E-state index contributed by atoms with van der Waals surface area (Å²) in [4.78, 5) is 9.69. The van der Waals surface area contributed by atoms with Gasteiger partial charge in [-0.25, -0.2) is 4.98 Å². The molecule has 5 aromatic heterocycles. The summed E-state index contributed by atoms with van der Waals surface area (Å²) in [7, 11) is 0. The Morgan fingerprint density at radius 3 is 2.00 bits per heavy atom. The van der Waals surface area contributed by atoms with Crippen LogP contribution in [0.5, 0.6) is 0 Å². The van der Waals surface area contributed by atoms with Crippen LogP contribution in [0.1, 0.15) is 5.69 Å². The molecule has 6 heteroatoms. The molecule has 0 saturated heterocycles. The molecule has 0 unspecified atom stereocenters. The Bertz CT molecular complexity index is 2700. The first-order valence-electron chi connectivity index (χ1n) is 14.3. The van der Waals surface area contributed by atoms with Crippen molar-refractivity contribution >= 4 is 71.4 Å². The fourth-order valence-electron chi connectivity index (χ4n) is 6.77. The zero-order valence-corrected chi connectivity index (χ0v) is 23.1.